The van der Waals surface area contributed by atoms with Crippen molar-refractivity contribution in [1.29, 1.82) is 0 Å². The molecule has 1 fully saturated rings. The van der Waals surface area contributed by atoms with Crippen LogP contribution in [0.1, 0.15) is 0 Å². The van der Waals surface area contributed by atoms with Crippen LogP contribution in [-0.2, 0) is 4.74 Å². The molecule has 0 saturated carbocycles. The molecule has 3 rings (SSSR count). The van der Waals surface area contributed by atoms with Gasteiger partial charge in [0.2, 0.25) is 11.9 Å². The first-order valence-electron chi connectivity index (χ1n) is 5.80. The quantitative estimate of drug-likeness (QED) is 0.897. The number of hydrogen-bond donors (Lipinski definition) is 1. The smallest absolute Gasteiger partial charge is 0.230 e. The highest BCUT2D eigenvalue weighted by molar-refractivity contribution is 9.10. The van der Waals surface area contributed by atoms with E-state index in [1.807, 2.05) is 10.8 Å². The molecule has 2 aromatic heterocycles. The molecule has 6 nitrogen and oxygen atoms in total. The van der Waals surface area contributed by atoms with Gasteiger partial charge in [0.25, 0.3) is 0 Å². The van der Waals surface area contributed by atoms with Crippen molar-refractivity contribution in [2.45, 2.75) is 0 Å². The predicted octanol–water partition coefficient (Wildman–Crippen LogP) is 1.78. The van der Waals surface area contributed by atoms with E-state index < -0.39 is 0 Å². The fourth-order valence-electron chi connectivity index (χ4n) is 1.85. The number of nitrogens with zero attached hydrogens (tertiary/aromatic N) is 4. The molecule has 0 unspecified atom stereocenters. The van der Waals surface area contributed by atoms with Gasteiger partial charge in [0, 0.05) is 33.9 Å². The summed E-state index contributed by atoms with van der Waals surface area (Å²) in [5, 5.41) is 3.98. The Morgan fingerprint density at radius 3 is 2.68 bits per heavy atom. The lowest BCUT2D eigenvalue weighted by Crippen LogP contribution is -2.37. The molecule has 0 aromatic carbocycles. The minimum atomic E-state index is 0.240. The van der Waals surface area contributed by atoms with E-state index in [1.54, 1.807) is 11.3 Å². The van der Waals surface area contributed by atoms with Crippen LogP contribution >= 0.6 is 27.3 Å². The second-order valence-electron chi connectivity index (χ2n) is 4.05. The highest BCUT2D eigenvalue weighted by Crippen LogP contribution is 2.30. The molecule has 0 aliphatic carbocycles. The first kappa shape index (κ1) is 12.8. The number of hydrogen-bond acceptors (Lipinski definition) is 7. The molecule has 100 valence electrons. The third-order valence-corrected chi connectivity index (χ3v) is 4.49. The molecule has 2 aromatic rings. The molecular weight excluding hydrogens is 330 g/mol. The number of ether oxygens (including phenoxy) is 1. The molecule has 0 amide bonds. The summed E-state index contributed by atoms with van der Waals surface area (Å²) in [6, 6.07) is 0. The van der Waals surface area contributed by atoms with E-state index in [4.69, 9.17) is 10.5 Å². The van der Waals surface area contributed by atoms with E-state index in [1.165, 1.54) is 0 Å². The van der Waals surface area contributed by atoms with E-state index >= 15 is 0 Å². The molecule has 0 spiro atoms. The first-order chi connectivity index (χ1) is 9.24. The standard InChI is InChI=1S/C11H12BrN5OS/c12-8-6-19-5-7(8)9-14-10(13)16-11(15-9)17-1-3-18-4-2-17/h5-6H,1-4H2,(H2,13,14,15,16). The van der Waals surface area contributed by atoms with Crippen LogP contribution in [0.15, 0.2) is 15.2 Å². The van der Waals surface area contributed by atoms with Crippen molar-refractivity contribution >= 4 is 39.2 Å². The average Bonchev–Trinajstić information content (AvgIpc) is 2.85. The van der Waals surface area contributed by atoms with E-state index in [2.05, 4.69) is 35.8 Å². The van der Waals surface area contributed by atoms with Gasteiger partial charge in [-0.25, -0.2) is 0 Å². The summed E-state index contributed by atoms with van der Waals surface area (Å²) in [7, 11) is 0. The maximum absolute atomic E-state index is 5.79. The van der Waals surface area contributed by atoms with E-state index in [9.17, 15) is 0 Å². The molecule has 3 heterocycles. The number of aromatic nitrogens is 3. The minimum Gasteiger partial charge on any atom is -0.378 e. The summed E-state index contributed by atoms with van der Waals surface area (Å²) < 4.78 is 6.29. The molecule has 0 atom stereocenters. The second kappa shape index (κ2) is 5.40. The lowest BCUT2D eigenvalue weighted by atomic mass is 10.3. The highest BCUT2D eigenvalue weighted by atomic mass is 79.9. The second-order valence-corrected chi connectivity index (χ2v) is 5.65. The molecular formula is C11H12BrN5OS. The number of nitrogens with two attached hydrogens (primary N) is 1. The van der Waals surface area contributed by atoms with Gasteiger partial charge in [-0.3, -0.25) is 0 Å². The van der Waals surface area contributed by atoms with Gasteiger partial charge in [-0.15, -0.1) is 0 Å². The molecule has 0 bridgehead atoms. The van der Waals surface area contributed by atoms with Crippen molar-refractivity contribution in [3.8, 4) is 11.4 Å². The third kappa shape index (κ3) is 2.70. The monoisotopic (exact) mass is 341 g/mol. The SMILES string of the molecule is Nc1nc(-c2cscc2Br)nc(N2CCOCC2)n1. The zero-order valence-corrected chi connectivity index (χ0v) is 12.4. The Hall–Kier alpha value is -1.25. The first-order valence-corrected chi connectivity index (χ1v) is 7.54. The summed E-state index contributed by atoms with van der Waals surface area (Å²) in [6.45, 7) is 2.91. The number of morpholine rings is 1. The Morgan fingerprint density at radius 2 is 2.00 bits per heavy atom. The lowest BCUT2D eigenvalue weighted by Gasteiger charge is -2.26. The lowest BCUT2D eigenvalue weighted by molar-refractivity contribution is 0.122. The van der Waals surface area contributed by atoms with Crippen molar-refractivity contribution < 1.29 is 4.74 Å². The summed E-state index contributed by atoms with van der Waals surface area (Å²) in [4.78, 5) is 15.0. The summed E-state index contributed by atoms with van der Waals surface area (Å²) >= 11 is 5.07. The van der Waals surface area contributed by atoms with Gasteiger partial charge >= 0.3 is 0 Å². The Morgan fingerprint density at radius 1 is 1.21 bits per heavy atom. The molecule has 2 N–H and O–H groups in total. The van der Waals surface area contributed by atoms with Crippen molar-refractivity contribution in [2.75, 3.05) is 36.9 Å². The largest absolute Gasteiger partial charge is 0.378 e. The third-order valence-electron chi connectivity index (χ3n) is 2.79. The summed E-state index contributed by atoms with van der Waals surface area (Å²) in [5.74, 6) is 1.45. The van der Waals surface area contributed by atoms with E-state index in [0.717, 1.165) is 23.1 Å². The van der Waals surface area contributed by atoms with Gasteiger partial charge in [-0.1, -0.05) is 0 Å². The predicted molar refractivity (Wildman–Crippen MR) is 78.3 cm³/mol. The number of nitrogen functional groups attached to an aromatic ring is 1. The van der Waals surface area contributed by atoms with Crippen LogP contribution in [0.25, 0.3) is 11.4 Å². The number of anilines is 2. The van der Waals surface area contributed by atoms with Crippen LogP contribution in [0.5, 0.6) is 0 Å². The van der Waals surface area contributed by atoms with Crippen LogP contribution in [0.3, 0.4) is 0 Å². The number of rotatable bonds is 2. The fraction of sp³-hybridized carbons (Fsp3) is 0.364. The highest BCUT2D eigenvalue weighted by Gasteiger charge is 2.17. The normalized spacial score (nSPS) is 15.7. The zero-order valence-electron chi connectivity index (χ0n) is 10.0. The van der Waals surface area contributed by atoms with Crippen LogP contribution in [0, 0.1) is 0 Å². The summed E-state index contributed by atoms with van der Waals surface area (Å²) in [5.41, 5.74) is 6.73. The minimum absolute atomic E-state index is 0.240. The maximum Gasteiger partial charge on any atom is 0.230 e. The number of thiophene rings is 1. The molecule has 19 heavy (non-hydrogen) atoms. The molecule has 1 aliphatic rings. The molecule has 1 saturated heterocycles. The van der Waals surface area contributed by atoms with Crippen LogP contribution in [0.4, 0.5) is 11.9 Å². The van der Waals surface area contributed by atoms with Gasteiger partial charge in [-0.05, 0) is 15.9 Å². The van der Waals surface area contributed by atoms with Crippen molar-refractivity contribution in [2.24, 2.45) is 0 Å². The van der Waals surface area contributed by atoms with E-state index in [0.29, 0.717) is 25.0 Å². The van der Waals surface area contributed by atoms with Crippen molar-refractivity contribution in [1.82, 2.24) is 15.0 Å². The van der Waals surface area contributed by atoms with Gasteiger partial charge in [0.1, 0.15) is 0 Å². The van der Waals surface area contributed by atoms with Crippen molar-refractivity contribution in [3.05, 3.63) is 15.2 Å². The van der Waals surface area contributed by atoms with Crippen LogP contribution < -0.4 is 10.6 Å². The van der Waals surface area contributed by atoms with Crippen LogP contribution in [-0.4, -0.2) is 41.3 Å². The Bertz CT molecular complexity index is 584. The van der Waals surface area contributed by atoms with E-state index in [-0.39, 0.29) is 5.95 Å². The van der Waals surface area contributed by atoms with Gasteiger partial charge in [-0.2, -0.15) is 26.3 Å². The van der Waals surface area contributed by atoms with Gasteiger partial charge in [0.05, 0.1) is 13.2 Å². The van der Waals surface area contributed by atoms with Crippen LogP contribution in [0.2, 0.25) is 0 Å². The maximum atomic E-state index is 5.79. The Labute approximate surface area is 122 Å². The molecule has 0 radical (unpaired) electrons. The fourth-order valence-corrected chi connectivity index (χ4v) is 3.30. The molecule has 1 aliphatic heterocycles. The van der Waals surface area contributed by atoms with Gasteiger partial charge in [0.15, 0.2) is 5.82 Å². The molecule has 8 heteroatoms. The topological polar surface area (TPSA) is 77.2 Å². The Balaban J connectivity index is 1.98. The average molecular weight is 342 g/mol. The Kier molecular flexibility index (Phi) is 3.63. The summed E-state index contributed by atoms with van der Waals surface area (Å²) in [6.07, 6.45) is 0. The van der Waals surface area contributed by atoms with Crippen molar-refractivity contribution in [3.63, 3.8) is 0 Å². The number of halogens is 1. The van der Waals surface area contributed by atoms with Gasteiger partial charge < -0.3 is 15.4 Å². The zero-order chi connectivity index (χ0) is 13.2.